The zero-order chi connectivity index (χ0) is 46.5. The number of esters is 1. The fourth-order valence-corrected chi connectivity index (χ4v) is 12.8. The minimum absolute atomic E-state index is 0.118. The van der Waals surface area contributed by atoms with Crippen LogP contribution in [0.5, 0.6) is 0 Å². The molecule has 15 nitrogen and oxygen atoms in total. The highest BCUT2D eigenvalue weighted by Crippen LogP contribution is 2.48. The second kappa shape index (κ2) is 17.3. The highest BCUT2D eigenvalue weighted by Gasteiger charge is 2.55. The highest BCUT2D eigenvalue weighted by atomic mass is 32.1. The monoisotopic (exact) mass is 933 g/mol. The summed E-state index contributed by atoms with van der Waals surface area (Å²) in [6.45, 7) is 16.5. The van der Waals surface area contributed by atoms with Crippen LogP contribution in [-0.2, 0) is 35.0 Å². The number of hydrogen-bond donors (Lipinski definition) is 2. The number of ether oxygens (including phenoxy) is 3. The van der Waals surface area contributed by atoms with E-state index >= 15 is 4.79 Å². The molecule has 6 fully saturated rings. The number of hydrazine groups is 1. The Balaban J connectivity index is 1.07. The van der Waals surface area contributed by atoms with Gasteiger partial charge in [-0.25, -0.2) is 10.4 Å². The van der Waals surface area contributed by atoms with Gasteiger partial charge in [0.05, 0.1) is 60.6 Å². The summed E-state index contributed by atoms with van der Waals surface area (Å²) in [5.41, 5.74) is 9.81. The summed E-state index contributed by atoms with van der Waals surface area (Å²) in [5.74, 6) is -0.515. The number of benzene rings is 1. The molecule has 2 amide bonds. The molecule has 3 aromatic heterocycles. The molecule has 1 aromatic carbocycles. The molecule has 2 saturated carbocycles. The molecule has 2 N–H and O–H groups in total. The van der Waals surface area contributed by atoms with E-state index in [0.717, 1.165) is 63.8 Å². The molecule has 11 rings (SSSR count). The number of thiazole rings is 1. The summed E-state index contributed by atoms with van der Waals surface area (Å²) in [6, 6.07) is 9.63. The Morgan fingerprint density at radius 1 is 1.03 bits per heavy atom. The first-order chi connectivity index (χ1) is 32.2. The van der Waals surface area contributed by atoms with Crippen molar-refractivity contribution in [3.63, 3.8) is 0 Å². The highest BCUT2D eigenvalue weighted by molar-refractivity contribution is 7.10. The van der Waals surface area contributed by atoms with Crippen molar-refractivity contribution in [1.29, 1.82) is 0 Å². The number of morpholine rings is 1. The van der Waals surface area contributed by atoms with Gasteiger partial charge in [0, 0.05) is 97.4 Å². The Morgan fingerprint density at radius 3 is 2.55 bits per heavy atom. The minimum Gasteiger partial charge on any atom is -0.464 e. The molecule has 1 spiro atoms. The van der Waals surface area contributed by atoms with E-state index in [2.05, 4.69) is 101 Å². The second-order valence-corrected chi connectivity index (χ2v) is 22.6. The first kappa shape index (κ1) is 45.2. The normalized spacial score (nSPS) is 29.8. The maximum atomic E-state index is 15.2. The Hall–Kier alpha value is -4.29. The first-order valence-corrected chi connectivity index (χ1v) is 25.5. The fraction of sp³-hybridized carbons (Fsp3) is 0.627. The molecule has 16 heteroatoms. The van der Waals surface area contributed by atoms with Gasteiger partial charge in [-0.05, 0) is 87.7 Å². The average Bonchev–Trinajstić information content (AvgIpc) is 4.15. The molecule has 4 saturated heterocycles. The maximum absolute atomic E-state index is 15.2. The van der Waals surface area contributed by atoms with Crippen LogP contribution in [-0.4, -0.2) is 149 Å². The van der Waals surface area contributed by atoms with E-state index in [1.807, 2.05) is 12.3 Å². The Morgan fingerprint density at radius 2 is 1.82 bits per heavy atom. The predicted octanol–water partition coefficient (Wildman–Crippen LogP) is 5.62. The summed E-state index contributed by atoms with van der Waals surface area (Å²) in [5, 5.41) is 8.87. The lowest BCUT2D eigenvalue weighted by Crippen LogP contribution is -2.75. The van der Waals surface area contributed by atoms with Gasteiger partial charge in [-0.1, -0.05) is 33.8 Å². The van der Waals surface area contributed by atoms with Gasteiger partial charge in [-0.15, -0.1) is 11.3 Å². The molecule has 6 bridgehead atoms. The van der Waals surface area contributed by atoms with E-state index in [1.54, 1.807) is 12.1 Å². The van der Waals surface area contributed by atoms with Crippen LogP contribution >= 0.6 is 11.3 Å². The molecule has 8 heterocycles. The lowest BCUT2D eigenvalue weighted by molar-refractivity contribution is -0.161. The number of carbonyl (C=O) groups is 3. The number of likely N-dealkylation sites (tertiary alicyclic amines) is 2. The fourth-order valence-electron chi connectivity index (χ4n) is 11.8. The van der Waals surface area contributed by atoms with Gasteiger partial charge in [-0.3, -0.25) is 39.1 Å². The number of cyclic esters (lactones) is 1. The van der Waals surface area contributed by atoms with Crippen molar-refractivity contribution in [2.24, 2.45) is 23.2 Å². The Bertz CT molecular complexity index is 2550. The van der Waals surface area contributed by atoms with Crippen LogP contribution in [0.15, 0.2) is 41.9 Å². The van der Waals surface area contributed by atoms with Crippen molar-refractivity contribution in [3.05, 3.63) is 58.2 Å². The zero-order valence-electron chi connectivity index (χ0n) is 40.1. The number of likely N-dealkylation sites (N-methyl/N-ethyl adjacent to an activating group) is 1. The zero-order valence-corrected chi connectivity index (χ0v) is 40.9. The van der Waals surface area contributed by atoms with Gasteiger partial charge < -0.3 is 24.1 Å². The Labute approximate surface area is 397 Å². The molecular formula is C51H67N9O6S. The van der Waals surface area contributed by atoms with Gasteiger partial charge in [0.25, 0.3) is 5.91 Å². The molecule has 7 atom stereocenters. The molecule has 67 heavy (non-hydrogen) atoms. The van der Waals surface area contributed by atoms with Gasteiger partial charge in [-0.2, -0.15) is 0 Å². The van der Waals surface area contributed by atoms with E-state index < -0.39 is 23.5 Å². The molecular weight excluding hydrogens is 867 g/mol. The third kappa shape index (κ3) is 8.11. The van der Waals surface area contributed by atoms with Crippen LogP contribution < -0.4 is 10.7 Å². The molecule has 7 aliphatic rings. The SMILES string of the molecule is CO[C@@H](C)c1ncccc1-c1c2c3cc(ccc3n1C1CN(C3CC3)C1)-c1csc(n1)[C@@H](N1CC3(COCCN3C)C1)[C@H](NC(=O)C1[C@@H](C)[C@H]1C)C(=O)N1CCC[C@H](N1)C(=O)OCC(C)(C)C2. The Kier molecular flexibility index (Phi) is 11.7. The lowest BCUT2D eigenvalue weighted by atomic mass is 9.84. The number of fused-ring (bicyclic) bond motifs is 6. The van der Waals surface area contributed by atoms with E-state index in [-0.39, 0.29) is 59.8 Å². The standard InChI is InChI=1S/C51H67N9O6S/c1-29-30(2)41(29)46(61)54-43-45(58-25-51(26-58)28-65-19-18-56(51)6)47-53-39(24-67-47)32-12-15-40-36(20-32)37(21-50(4,5)27-66-49(63)38-11-9-17-59(55-38)48(43)62)44(35-10-8-16-52-42(35)31(3)64-7)60(40)34-22-57(23-34)33-13-14-33/h8,10,12,15-16,20,24,29-31,33-34,38,41,43,45,55H,9,11,13-14,17-19,21-23,25-28H2,1-7H3,(H,54,61)/t29-,30+,31-,38-,41?,43-,45-/m0/s1. The van der Waals surface area contributed by atoms with Crippen molar-refractivity contribution >= 4 is 40.0 Å². The summed E-state index contributed by atoms with van der Waals surface area (Å²) in [4.78, 5) is 61.3. The number of nitrogens with zero attached hydrogens (tertiary/aromatic N) is 7. The van der Waals surface area contributed by atoms with Crippen molar-refractivity contribution in [2.45, 2.75) is 109 Å². The van der Waals surface area contributed by atoms with E-state index in [4.69, 9.17) is 24.2 Å². The van der Waals surface area contributed by atoms with Crippen LogP contribution in [0, 0.1) is 23.2 Å². The van der Waals surface area contributed by atoms with Gasteiger partial charge in [0.15, 0.2) is 0 Å². The summed E-state index contributed by atoms with van der Waals surface area (Å²) >= 11 is 1.54. The van der Waals surface area contributed by atoms with Crippen LogP contribution in [0.4, 0.5) is 0 Å². The van der Waals surface area contributed by atoms with Crippen molar-refractivity contribution in [2.75, 3.05) is 73.2 Å². The topological polar surface area (TPSA) is 147 Å². The number of rotatable bonds is 8. The average molecular weight is 934 g/mol. The predicted molar refractivity (Wildman–Crippen MR) is 256 cm³/mol. The van der Waals surface area contributed by atoms with Crippen LogP contribution in [0.25, 0.3) is 33.4 Å². The molecule has 2 aliphatic carbocycles. The first-order valence-electron chi connectivity index (χ1n) is 24.7. The number of hydrogen-bond acceptors (Lipinski definition) is 13. The summed E-state index contributed by atoms with van der Waals surface area (Å²) < 4.78 is 20.9. The lowest BCUT2D eigenvalue weighted by Gasteiger charge is -2.59. The van der Waals surface area contributed by atoms with E-state index in [9.17, 15) is 9.59 Å². The van der Waals surface area contributed by atoms with Crippen molar-refractivity contribution < 1.29 is 28.6 Å². The van der Waals surface area contributed by atoms with Gasteiger partial charge >= 0.3 is 5.97 Å². The summed E-state index contributed by atoms with van der Waals surface area (Å²) in [6.07, 6.45) is 5.90. The third-order valence-corrected chi connectivity index (χ3v) is 17.4. The molecule has 5 aliphatic heterocycles. The number of amides is 2. The van der Waals surface area contributed by atoms with Crippen LogP contribution in [0.3, 0.4) is 0 Å². The number of methoxy groups -OCH3 is 1. The second-order valence-electron chi connectivity index (χ2n) is 21.7. The van der Waals surface area contributed by atoms with Gasteiger partial charge in [0.2, 0.25) is 5.91 Å². The van der Waals surface area contributed by atoms with E-state index in [0.29, 0.717) is 58.2 Å². The number of aromatic nitrogens is 3. The van der Waals surface area contributed by atoms with Crippen LogP contribution in [0.1, 0.15) is 94.8 Å². The molecule has 4 aromatic rings. The number of nitrogens with one attached hydrogen (secondary N) is 2. The number of pyridine rings is 1. The minimum atomic E-state index is -0.967. The van der Waals surface area contributed by atoms with Crippen LogP contribution in [0.2, 0.25) is 0 Å². The third-order valence-electron chi connectivity index (χ3n) is 16.5. The summed E-state index contributed by atoms with van der Waals surface area (Å²) in [7, 11) is 3.88. The van der Waals surface area contributed by atoms with Gasteiger partial charge in [0.1, 0.15) is 17.1 Å². The quantitative estimate of drug-likeness (QED) is 0.212. The van der Waals surface area contributed by atoms with Crippen molar-refractivity contribution in [1.82, 2.24) is 45.0 Å². The largest absolute Gasteiger partial charge is 0.464 e. The molecule has 358 valence electrons. The smallest absolute Gasteiger partial charge is 0.324 e. The molecule has 1 unspecified atom stereocenters. The van der Waals surface area contributed by atoms with E-state index in [1.165, 1.54) is 29.7 Å². The van der Waals surface area contributed by atoms with Crippen molar-refractivity contribution in [3.8, 4) is 22.5 Å². The molecule has 0 radical (unpaired) electrons. The maximum Gasteiger partial charge on any atom is 0.324 e. The number of carbonyl (C=O) groups excluding carboxylic acids is 3.